The summed E-state index contributed by atoms with van der Waals surface area (Å²) in [5.74, 6) is 2.20. The topological polar surface area (TPSA) is 111 Å². The smallest absolute Gasteiger partial charge is 0.142 e. The van der Waals surface area contributed by atoms with E-state index in [4.69, 9.17) is 20.9 Å². The predicted molar refractivity (Wildman–Crippen MR) is 157 cm³/mol. The molecule has 0 aliphatic heterocycles. The van der Waals surface area contributed by atoms with Crippen molar-refractivity contribution in [2.75, 3.05) is 11.5 Å². The average Bonchev–Trinajstić information content (AvgIpc) is 2.81. The van der Waals surface area contributed by atoms with E-state index >= 15 is 0 Å². The van der Waals surface area contributed by atoms with Gasteiger partial charge in [-0.25, -0.2) is 0 Å². The number of hydrogen-bond acceptors (Lipinski definition) is 6. The van der Waals surface area contributed by atoms with Crippen LogP contribution < -0.4 is 20.9 Å². The lowest BCUT2D eigenvalue weighted by Crippen LogP contribution is -2.14. The summed E-state index contributed by atoms with van der Waals surface area (Å²) in [6.45, 7) is 14.4. The maximum absolute atomic E-state index is 10.5. The van der Waals surface area contributed by atoms with Gasteiger partial charge >= 0.3 is 0 Å². The van der Waals surface area contributed by atoms with Gasteiger partial charge in [0.25, 0.3) is 0 Å². The monoisotopic (exact) mass is 520 g/mol. The molecule has 0 aliphatic carbocycles. The van der Waals surface area contributed by atoms with Crippen molar-refractivity contribution in [3.05, 3.63) is 59.2 Å². The van der Waals surface area contributed by atoms with Gasteiger partial charge in [0.15, 0.2) is 0 Å². The van der Waals surface area contributed by atoms with E-state index in [0.717, 1.165) is 36.0 Å². The quantitative estimate of drug-likeness (QED) is 0.128. The molecule has 3 aromatic rings. The largest absolute Gasteiger partial charge is 0.506 e. The van der Waals surface area contributed by atoms with E-state index in [1.54, 1.807) is 6.07 Å². The first-order chi connectivity index (χ1) is 17.7. The lowest BCUT2D eigenvalue weighted by atomic mass is 9.85. The summed E-state index contributed by atoms with van der Waals surface area (Å²) < 4.78 is 12.6. The number of unbranched alkanes of at least 4 members (excludes halogenated alkanes) is 3. The van der Waals surface area contributed by atoms with Crippen molar-refractivity contribution in [2.24, 2.45) is 0 Å². The van der Waals surface area contributed by atoms with Crippen LogP contribution in [0, 0.1) is 0 Å². The van der Waals surface area contributed by atoms with Crippen LogP contribution in [0.15, 0.2) is 42.5 Å². The summed E-state index contributed by atoms with van der Waals surface area (Å²) in [6, 6.07) is 12.6. The number of nitrogen functional groups attached to an aromatic ring is 2. The molecule has 0 fully saturated rings. The molecule has 6 heteroatoms. The zero-order valence-corrected chi connectivity index (χ0v) is 23.9. The molecule has 38 heavy (non-hydrogen) atoms. The van der Waals surface area contributed by atoms with Crippen LogP contribution in [-0.2, 0) is 17.3 Å². The highest BCUT2D eigenvalue weighted by atomic mass is 16.5. The fourth-order valence-electron chi connectivity index (χ4n) is 4.49. The number of aromatic hydroxyl groups is 2. The molecular weight excluding hydrogens is 476 g/mol. The molecule has 6 nitrogen and oxygen atoms in total. The Hall–Kier alpha value is -3.54. The fourth-order valence-corrected chi connectivity index (χ4v) is 4.49. The van der Waals surface area contributed by atoms with Gasteiger partial charge in [-0.15, -0.1) is 0 Å². The van der Waals surface area contributed by atoms with Crippen molar-refractivity contribution in [1.29, 1.82) is 0 Å². The van der Waals surface area contributed by atoms with Gasteiger partial charge in [-0.05, 0) is 58.6 Å². The maximum atomic E-state index is 10.5. The zero-order chi connectivity index (χ0) is 28.3. The Labute approximate surface area is 227 Å². The number of phenolic OH excluding ortho intramolecular Hbond substituents is 2. The van der Waals surface area contributed by atoms with Gasteiger partial charge in [-0.3, -0.25) is 0 Å². The van der Waals surface area contributed by atoms with Crippen LogP contribution in [0.25, 0.3) is 0 Å². The number of anilines is 2. The highest BCUT2D eigenvalue weighted by Crippen LogP contribution is 2.42. The molecule has 0 saturated carbocycles. The molecule has 0 aromatic heterocycles. The van der Waals surface area contributed by atoms with Crippen LogP contribution in [0.5, 0.6) is 34.5 Å². The van der Waals surface area contributed by atoms with Crippen molar-refractivity contribution >= 4 is 11.4 Å². The lowest BCUT2D eigenvalue weighted by molar-refractivity contribution is 0.437. The number of phenols is 2. The Bertz CT molecular complexity index is 1270. The van der Waals surface area contributed by atoms with Gasteiger partial charge in [0.2, 0.25) is 0 Å². The van der Waals surface area contributed by atoms with E-state index in [-0.39, 0.29) is 22.3 Å². The second-order valence-corrected chi connectivity index (χ2v) is 12.1. The van der Waals surface area contributed by atoms with E-state index < -0.39 is 0 Å². The van der Waals surface area contributed by atoms with Crippen LogP contribution in [-0.4, -0.2) is 10.2 Å². The summed E-state index contributed by atoms with van der Waals surface area (Å²) in [6.07, 6.45) is 5.41. The standard InChI is InChI=1S/C32H44N2O4/c1-8-9-10-11-12-20-13-14-21(37-22-15-24(31(2,3)4)29(33)26(35)17-22)19-28(20)38-23-16-25(32(5,6)7)30(34)27(36)18-23/h13-19,35-36H,8-12,33-34H2,1-7H3. The number of rotatable bonds is 9. The molecule has 3 aromatic carbocycles. The first-order valence-corrected chi connectivity index (χ1v) is 13.4. The molecule has 0 radical (unpaired) electrons. The predicted octanol–water partition coefficient (Wildman–Crippen LogP) is 8.56. The van der Waals surface area contributed by atoms with Gasteiger partial charge in [0.1, 0.15) is 34.5 Å². The summed E-state index contributed by atoms with van der Waals surface area (Å²) >= 11 is 0. The first kappa shape index (κ1) is 29.0. The third-order valence-corrected chi connectivity index (χ3v) is 6.68. The fraction of sp³-hybridized carbons (Fsp3) is 0.438. The molecule has 6 N–H and O–H groups in total. The number of ether oxygens (including phenoxy) is 2. The number of benzene rings is 3. The highest BCUT2D eigenvalue weighted by molar-refractivity contribution is 5.65. The van der Waals surface area contributed by atoms with Crippen LogP contribution in [0.3, 0.4) is 0 Å². The van der Waals surface area contributed by atoms with Gasteiger partial charge in [-0.1, -0.05) is 73.8 Å². The summed E-state index contributed by atoms with van der Waals surface area (Å²) in [7, 11) is 0. The molecule has 0 heterocycles. The third kappa shape index (κ3) is 7.06. The van der Waals surface area contributed by atoms with Gasteiger partial charge in [-0.2, -0.15) is 0 Å². The summed E-state index contributed by atoms with van der Waals surface area (Å²) in [5.41, 5.74) is 15.2. The van der Waals surface area contributed by atoms with Crippen LogP contribution in [0.4, 0.5) is 11.4 Å². The minimum atomic E-state index is -0.267. The van der Waals surface area contributed by atoms with Crippen molar-refractivity contribution in [3.8, 4) is 34.5 Å². The van der Waals surface area contributed by atoms with Crippen LogP contribution >= 0.6 is 0 Å². The summed E-state index contributed by atoms with van der Waals surface area (Å²) in [4.78, 5) is 0. The molecular formula is C32H44N2O4. The molecule has 0 bridgehead atoms. The zero-order valence-electron chi connectivity index (χ0n) is 23.9. The molecule has 3 rings (SSSR count). The normalized spacial score (nSPS) is 12.0. The van der Waals surface area contributed by atoms with E-state index in [1.165, 1.54) is 18.9 Å². The van der Waals surface area contributed by atoms with Gasteiger partial charge < -0.3 is 31.2 Å². The lowest BCUT2D eigenvalue weighted by Gasteiger charge is -2.23. The minimum absolute atomic E-state index is 0.00335. The maximum Gasteiger partial charge on any atom is 0.142 e. The van der Waals surface area contributed by atoms with Crippen LogP contribution in [0.1, 0.15) is 90.8 Å². The number of aryl methyl sites for hydroxylation is 1. The summed E-state index contributed by atoms with van der Waals surface area (Å²) in [5, 5.41) is 21.0. The second kappa shape index (κ2) is 11.5. The Morgan fingerprint density at radius 2 is 1.18 bits per heavy atom. The second-order valence-electron chi connectivity index (χ2n) is 12.1. The van der Waals surface area contributed by atoms with E-state index in [1.807, 2.05) is 71.9 Å². The van der Waals surface area contributed by atoms with Crippen molar-refractivity contribution in [3.63, 3.8) is 0 Å². The number of hydrogen-bond donors (Lipinski definition) is 4. The SMILES string of the molecule is CCCCCCc1ccc(Oc2cc(O)c(N)c(C(C)(C)C)c2)cc1Oc1cc(O)c(N)c(C(C)(C)C)c1. The Morgan fingerprint density at radius 3 is 1.68 bits per heavy atom. The Kier molecular flexibility index (Phi) is 8.75. The van der Waals surface area contributed by atoms with Gasteiger partial charge in [0, 0.05) is 18.2 Å². The highest BCUT2D eigenvalue weighted by Gasteiger charge is 2.22. The van der Waals surface area contributed by atoms with Crippen molar-refractivity contribution in [2.45, 2.75) is 91.4 Å². The Balaban J connectivity index is 2.00. The van der Waals surface area contributed by atoms with E-state index in [9.17, 15) is 10.2 Å². The molecule has 0 unspecified atom stereocenters. The van der Waals surface area contributed by atoms with Crippen molar-refractivity contribution < 1.29 is 19.7 Å². The average molecular weight is 521 g/mol. The molecule has 0 spiro atoms. The van der Waals surface area contributed by atoms with E-state index in [2.05, 4.69) is 6.92 Å². The molecule has 206 valence electrons. The van der Waals surface area contributed by atoms with Gasteiger partial charge in [0.05, 0.1) is 11.4 Å². The first-order valence-electron chi connectivity index (χ1n) is 13.4. The third-order valence-electron chi connectivity index (χ3n) is 6.68. The van der Waals surface area contributed by atoms with Crippen LogP contribution in [0.2, 0.25) is 0 Å². The van der Waals surface area contributed by atoms with E-state index in [0.29, 0.717) is 34.4 Å². The molecule has 0 aliphatic rings. The Morgan fingerprint density at radius 1 is 0.658 bits per heavy atom. The minimum Gasteiger partial charge on any atom is -0.506 e. The molecule has 0 atom stereocenters. The van der Waals surface area contributed by atoms with Crippen molar-refractivity contribution in [1.82, 2.24) is 0 Å². The molecule has 0 amide bonds. The molecule has 0 saturated heterocycles. The number of nitrogens with two attached hydrogens (primary N) is 2.